The lowest BCUT2D eigenvalue weighted by molar-refractivity contribution is 0.103. The van der Waals surface area contributed by atoms with Crippen molar-refractivity contribution in [1.29, 1.82) is 5.26 Å². The van der Waals surface area contributed by atoms with Crippen LogP contribution in [0.3, 0.4) is 0 Å². The van der Waals surface area contributed by atoms with Gasteiger partial charge in [0.2, 0.25) is 5.78 Å². The average Bonchev–Trinajstić information content (AvgIpc) is 3.01. The molecule has 5 nitrogen and oxygen atoms in total. The highest BCUT2D eigenvalue weighted by Crippen LogP contribution is 2.28. The molecule has 0 bridgehead atoms. The number of ketones is 1. The summed E-state index contributed by atoms with van der Waals surface area (Å²) in [5.41, 5.74) is 2.22. The third-order valence-corrected chi connectivity index (χ3v) is 4.88. The fraction of sp³-hybridized carbons (Fsp3) is 0. The van der Waals surface area contributed by atoms with Gasteiger partial charge in [-0.3, -0.25) is 14.2 Å². The van der Waals surface area contributed by atoms with Crippen molar-refractivity contribution in [3.8, 4) is 22.9 Å². The number of carbonyl (C=O) groups is 1. The van der Waals surface area contributed by atoms with Gasteiger partial charge in [0, 0.05) is 0 Å². The number of hydrogen-bond donors (Lipinski definition) is 0. The van der Waals surface area contributed by atoms with Crippen molar-refractivity contribution >= 4 is 16.7 Å². The van der Waals surface area contributed by atoms with Crippen LogP contribution in [0.5, 0.6) is 0 Å². The number of halogens is 1. The maximum Gasteiger partial charge on any atom is 0.266 e. The highest BCUT2D eigenvalue weighted by Gasteiger charge is 2.29. The first-order chi connectivity index (χ1) is 13.6. The van der Waals surface area contributed by atoms with E-state index in [0.29, 0.717) is 33.3 Å². The standard InChI is InChI=1S/C22H10FN3O2/c23-17-7-5-12(9-14(17)11-24)13-6-8-18-16(10-13)22(28)26-19-4-2-1-3-15(19)20(27)21(26)25-18/h1-10H. The van der Waals surface area contributed by atoms with Gasteiger partial charge in [0.25, 0.3) is 5.56 Å². The van der Waals surface area contributed by atoms with Crippen LogP contribution in [0, 0.1) is 17.1 Å². The zero-order chi connectivity index (χ0) is 19.4. The van der Waals surface area contributed by atoms with Gasteiger partial charge in [0.1, 0.15) is 11.9 Å². The molecule has 0 fully saturated rings. The van der Waals surface area contributed by atoms with Crippen molar-refractivity contribution in [3.05, 3.63) is 93.8 Å². The third kappa shape index (κ3) is 2.14. The van der Waals surface area contributed by atoms with E-state index in [1.165, 1.54) is 16.7 Å². The molecule has 0 saturated carbocycles. The lowest BCUT2D eigenvalue weighted by Gasteiger charge is -2.08. The van der Waals surface area contributed by atoms with Crippen LogP contribution in [0.25, 0.3) is 27.7 Å². The lowest BCUT2D eigenvalue weighted by atomic mass is 10.0. The summed E-state index contributed by atoms with van der Waals surface area (Å²) in [6.45, 7) is 0. The van der Waals surface area contributed by atoms with Gasteiger partial charge in [-0.05, 0) is 47.5 Å². The predicted molar refractivity (Wildman–Crippen MR) is 101 cm³/mol. The second-order valence-corrected chi connectivity index (χ2v) is 6.46. The molecular formula is C22H10FN3O2. The molecular weight excluding hydrogens is 357 g/mol. The van der Waals surface area contributed by atoms with Gasteiger partial charge >= 0.3 is 0 Å². The maximum atomic E-state index is 13.6. The fourth-order valence-electron chi connectivity index (χ4n) is 3.51. The number of fused-ring (bicyclic) bond motifs is 4. The Labute approximate surface area is 157 Å². The van der Waals surface area contributed by atoms with E-state index in [9.17, 15) is 14.0 Å². The number of carbonyl (C=O) groups excluding carboxylic acids is 1. The van der Waals surface area contributed by atoms with Crippen molar-refractivity contribution in [1.82, 2.24) is 9.55 Å². The Morgan fingerprint density at radius 1 is 0.964 bits per heavy atom. The molecule has 0 spiro atoms. The minimum Gasteiger partial charge on any atom is -0.285 e. The van der Waals surface area contributed by atoms with E-state index in [1.807, 2.05) is 6.07 Å². The molecule has 6 heteroatoms. The monoisotopic (exact) mass is 367 g/mol. The molecule has 28 heavy (non-hydrogen) atoms. The number of nitrogens with zero attached hydrogens (tertiary/aromatic N) is 3. The Bertz CT molecular complexity index is 1430. The molecule has 0 saturated heterocycles. The minimum absolute atomic E-state index is 0.0686. The maximum absolute atomic E-state index is 13.6. The molecule has 0 aliphatic carbocycles. The zero-order valence-corrected chi connectivity index (χ0v) is 14.3. The van der Waals surface area contributed by atoms with Crippen molar-refractivity contribution in [2.24, 2.45) is 0 Å². The van der Waals surface area contributed by atoms with Crippen LogP contribution in [0.15, 0.2) is 65.5 Å². The summed E-state index contributed by atoms with van der Waals surface area (Å²) in [7, 11) is 0. The molecule has 4 aromatic rings. The normalized spacial score (nSPS) is 11.9. The Balaban J connectivity index is 1.77. The second kappa shape index (κ2) is 5.69. The summed E-state index contributed by atoms with van der Waals surface area (Å²) in [5, 5.41) is 9.39. The summed E-state index contributed by atoms with van der Waals surface area (Å²) in [6, 6.07) is 17.9. The molecule has 2 heterocycles. The lowest BCUT2D eigenvalue weighted by Crippen LogP contribution is -2.21. The van der Waals surface area contributed by atoms with Gasteiger partial charge in [-0.2, -0.15) is 5.26 Å². The molecule has 0 N–H and O–H groups in total. The second-order valence-electron chi connectivity index (χ2n) is 6.46. The van der Waals surface area contributed by atoms with Crippen LogP contribution >= 0.6 is 0 Å². The number of hydrogen-bond acceptors (Lipinski definition) is 4. The van der Waals surface area contributed by atoms with E-state index >= 15 is 0 Å². The summed E-state index contributed by atoms with van der Waals surface area (Å²) in [6.07, 6.45) is 0. The SMILES string of the molecule is N#Cc1cc(-c2ccc3nc4n(c(=O)c3c2)-c2ccccc2C4=O)ccc1F. The smallest absolute Gasteiger partial charge is 0.266 e. The van der Waals surface area contributed by atoms with E-state index in [-0.39, 0.29) is 22.7 Å². The first kappa shape index (κ1) is 16.1. The number of rotatable bonds is 1. The van der Waals surface area contributed by atoms with Crippen LogP contribution in [0.4, 0.5) is 4.39 Å². The topological polar surface area (TPSA) is 75.8 Å². The van der Waals surface area contributed by atoms with Gasteiger partial charge in [-0.25, -0.2) is 9.37 Å². The van der Waals surface area contributed by atoms with E-state index < -0.39 is 5.82 Å². The fourth-order valence-corrected chi connectivity index (χ4v) is 3.51. The number of benzene rings is 3. The molecule has 132 valence electrons. The van der Waals surface area contributed by atoms with Crippen molar-refractivity contribution in [3.63, 3.8) is 0 Å². The molecule has 0 amide bonds. The van der Waals surface area contributed by atoms with Gasteiger partial charge in [-0.1, -0.05) is 24.3 Å². The molecule has 1 aliphatic rings. The third-order valence-electron chi connectivity index (χ3n) is 4.88. The van der Waals surface area contributed by atoms with Gasteiger partial charge < -0.3 is 0 Å². The highest BCUT2D eigenvalue weighted by atomic mass is 19.1. The van der Waals surface area contributed by atoms with E-state index in [0.717, 1.165) is 0 Å². The molecule has 1 aromatic heterocycles. The predicted octanol–water partition coefficient (Wildman–Crippen LogP) is 3.61. The first-order valence-electron chi connectivity index (χ1n) is 8.49. The van der Waals surface area contributed by atoms with E-state index in [4.69, 9.17) is 5.26 Å². The number of aromatic nitrogens is 2. The number of para-hydroxylation sites is 1. The zero-order valence-electron chi connectivity index (χ0n) is 14.3. The van der Waals surface area contributed by atoms with Gasteiger partial charge in [0.15, 0.2) is 5.82 Å². The van der Waals surface area contributed by atoms with Crippen molar-refractivity contribution < 1.29 is 9.18 Å². The Morgan fingerprint density at radius 2 is 1.71 bits per heavy atom. The molecule has 0 unspecified atom stereocenters. The largest absolute Gasteiger partial charge is 0.285 e. The van der Waals surface area contributed by atoms with Gasteiger partial charge in [-0.15, -0.1) is 0 Å². The van der Waals surface area contributed by atoms with Gasteiger partial charge in [0.05, 0.1) is 27.7 Å². The van der Waals surface area contributed by atoms with E-state index in [2.05, 4.69) is 4.98 Å². The first-order valence-corrected chi connectivity index (χ1v) is 8.49. The molecule has 0 radical (unpaired) electrons. The molecule has 5 rings (SSSR count). The minimum atomic E-state index is -0.596. The van der Waals surface area contributed by atoms with Crippen molar-refractivity contribution in [2.45, 2.75) is 0 Å². The summed E-state index contributed by atoms with van der Waals surface area (Å²) in [5.74, 6) is -0.780. The van der Waals surface area contributed by atoms with Crippen LogP contribution in [-0.2, 0) is 0 Å². The summed E-state index contributed by atoms with van der Waals surface area (Å²) in [4.78, 5) is 30.1. The summed E-state index contributed by atoms with van der Waals surface area (Å²) < 4.78 is 14.9. The number of nitriles is 1. The quantitative estimate of drug-likeness (QED) is 0.454. The molecule has 1 aliphatic heterocycles. The Morgan fingerprint density at radius 3 is 2.54 bits per heavy atom. The molecule has 0 atom stereocenters. The van der Waals surface area contributed by atoms with Crippen LogP contribution in [0.1, 0.15) is 21.7 Å². The summed E-state index contributed by atoms with van der Waals surface area (Å²) >= 11 is 0. The average molecular weight is 367 g/mol. The van der Waals surface area contributed by atoms with Crippen molar-refractivity contribution in [2.75, 3.05) is 0 Å². The van der Waals surface area contributed by atoms with E-state index in [1.54, 1.807) is 48.5 Å². The van der Waals surface area contributed by atoms with Crippen LogP contribution in [-0.4, -0.2) is 15.3 Å². The van der Waals surface area contributed by atoms with Crippen LogP contribution in [0.2, 0.25) is 0 Å². The van der Waals surface area contributed by atoms with Crippen LogP contribution < -0.4 is 5.56 Å². The highest BCUT2D eigenvalue weighted by molar-refractivity contribution is 6.13. The molecule has 3 aromatic carbocycles. The Hall–Kier alpha value is -4.11. The Kier molecular flexibility index (Phi) is 3.27.